The van der Waals surface area contributed by atoms with Crippen LogP contribution in [0.15, 0.2) is 59.8 Å². The highest BCUT2D eigenvalue weighted by Crippen LogP contribution is 2.32. The highest BCUT2D eigenvalue weighted by atomic mass is 32.2. The molecule has 1 atom stereocenters. The van der Waals surface area contributed by atoms with Crippen LogP contribution in [0.3, 0.4) is 0 Å². The molecule has 0 fully saturated rings. The van der Waals surface area contributed by atoms with Gasteiger partial charge in [0.25, 0.3) is 0 Å². The van der Waals surface area contributed by atoms with Gasteiger partial charge in [0.2, 0.25) is 11.8 Å². The van der Waals surface area contributed by atoms with E-state index in [1.54, 1.807) is 4.90 Å². The number of benzene rings is 2. The van der Waals surface area contributed by atoms with Crippen LogP contribution in [0.4, 0.5) is 11.4 Å². The topological polar surface area (TPSA) is 80.1 Å². The number of amides is 2. The predicted molar refractivity (Wildman–Crippen MR) is 118 cm³/mol. The van der Waals surface area contributed by atoms with Crippen molar-refractivity contribution < 1.29 is 9.59 Å². The van der Waals surface area contributed by atoms with E-state index in [2.05, 4.69) is 15.5 Å². The molecule has 0 aliphatic carbocycles. The lowest BCUT2D eigenvalue weighted by Crippen LogP contribution is -2.40. The average molecular weight is 422 g/mol. The fourth-order valence-corrected chi connectivity index (χ4v) is 4.51. The molecule has 1 aliphatic heterocycles. The molecule has 7 nitrogen and oxygen atoms in total. The average Bonchev–Trinajstić information content (AvgIpc) is 3.11. The van der Waals surface area contributed by atoms with Crippen molar-refractivity contribution in [3.8, 4) is 11.4 Å². The molecule has 2 amide bonds. The largest absolute Gasteiger partial charge is 0.324 e. The number of carbonyl (C=O) groups is 2. The molecule has 8 heteroatoms. The molecule has 1 aliphatic rings. The number of carbonyl (C=O) groups excluding carboxylic acids is 2. The zero-order chi connectivity index (χ0) is 21.1. The first-order valence-corrected chi connectivity index (χ1v) is 10.9. The number of anilines is 2. The molecule has 0 saturated heterocycles. The number of hydrogen-bond donors (Lipinski definition) is 1. The van der Waals surface area contributed by atoms with Crippen LogP contribution in [0.25, 0.3) is 11.4 Å². The number of fused-ring (bicyclic) bond motifs is 1. The van der Waals surface area contributed by atoms with Gasteiger partial charge in [0.05, 0.1) is 17.1 Å². The summed E-state index contributed by atoms with van der Waals surface area (Å²) in [6, 6.07) is 17.1. The third-order valence-electron chi connectivity index (χ3n) is 5.02. The number of rotatable bonds is 5. The van der Waals surface area contributed by atoms with Crippen LogP contribution in [0, 0.1) is 0 Å². The van der Waals surface area contributed by atoms with Gasteiger partial charge >= 0.3 is 0 Å². The minimum absolute atomic E-state index is 0.0663. The third-order valence-corrected chi connectivity index (χ3v) is 5.97. The summed E-state index contributed by atoms with van der Waals surface area (Å²) in [4.78, 5) is 27.1. The summed E-state index contributed by atoms with van der Waals surface area (Å²) in [5.41, 5.74) is 2.38. The Bertz CT molecular complexity index is 1070. The maximum absolute atomic E-state index is 13.2. The lowest BCUT2D eigenvalue weighted by molar-refractivity contribution is -0.117. The number of thioether (sulfide) groups is 1. The third kappa shape index (κ3) is 3.95. The van der Waals surface area contributed by atoms with Gasteiger partial charge in [-0.05, 0) is 26.0 Å². The van der Waals surface area contributed by atoms with E-state index in [0.717, 1.165) is 17.1 Å². The van der Waals surface area contributed by atoms with Gasteiger partial charge in [-0.1, -0.05) is 54.2 Å². The fourth-order valence-electron chi connectivity index (χ4n) is 3.64. The lowest BCUT2D eigenvalue weighted by atomic mass is 10.2. The lowest BCUT2D eigenvalue weighted by Gasteiger charge is -2.27. The van der Waals surface area contributed by atoms with E-state index in [1.165, 1.54) is 11.8 Å². The van der Waals surface area contributed by atoms with Crippen LogP contribution in [0.5, 0.6) is 0 Å². The van der Waals surface area contributed by atoms with E-state index < -0.39 is 0 Å². The van der Waals surface area contributed by atoms with Crippen molar-refractivity contribution in [3.05, 3.63) is 54.6 Å². The SMILES string of the molecule is CCn1c(SCC(=O)N2c3ccccc3NC(=O)C[C@@H]2C)nnc1-c1ccccc1. The Labute approximate surface area is 179 Å². The van der Waals surface area contributed by atoms with Crippen LogP contribution >= 0.6 is 11.8 Å². The maximum atomic E-state index is 13.2. The first-order chi connectivity index (χ1) is 14.6. The molecule has 1 aromatic heterocycles. The van der Waals surface area contributed by atoms with Gasteiger partial charge in [-0.3, -0.25) is 9.59 Å². The summed E-state index contributed by atoms with van der Waals surface area (Å²) in [5.74, 6) is 0.843. The minimum Gasteiger partial charge on any atom is -0.324 e. The Morgan fingerprint density at radius 3 is 2.63 bits per heavy atom. The first-order valence-electron chi connectivity index (χ1n) is 9.90. The zero-order valence-corrected chi connectivity index (χ0v) is 17.7. The van der Waals surface area contributed by atoms with Crippen molar-refractivity contribution in [2.75, 3.05) is 16.0 Å². The maximum Gasteiger partial charge on any atom is 0.237 e. The van der Waals surface area contributed by atoms with Crippen molar-refractivity contribution in [3.63, 3.8) is 0 Å². The summed E-state index contributed by atoms with van der Waals surface area (Å²) in [6.07, 6.45) is 0.258. The molecule has 2 heterocycles. The molecule has 0 radical (unpaired) electrons. The van der Waals surface area contributed by atoms with Crippen LogP contribution in [-0.4, -0.2) is 38.4 Å². The van der Waals surface area contributed by atoms with E-state index in [0.29, 0.717) is 17.4 Å². The van der Waals surface area contributed by atoms with Gasteiger partial charge in [-0.25, -0.2) is 0 Å². The van der Waals surface area contributed by atoms with Gasteiger partial charge in [0.1, 0.15) is 0 Å². The van der Waals surface area contributed by atoms with Gasteiger partial charge in [0, 0.05) is 24.6 Å². The Morgan fingerprint density at radius 1 is 1.13 bits per heavy atom. The quantitative estimate of drug-likeness (QED) is 0.634. The van der Waals surface area contributed by atoms with Crippen LogP contribution in [0.2, 0.25) is 0 Å². The monoisotopic (exact) mass is 421 g/mol. The first kappa shape index (κ1) is 20.2. The molecule has 154 valence electrons. The van der Waals surface area contributed by atoms with E-state index in [4.69, 9.17) is 0 Å². The van der Waals surface area contributed by atoms with Crippen molar-refractivity contribution in [1.82, 2.24) is 14.8 Å². The van der Waals surface area contributed by atoms with E-state index >= 15 is 0 Å². The van der Waals surface area contributed by atoms with Crippen LogP contribution in [0.1, 0.15) is 20.3 Å². The molecule has 30 heavy (non-hydrogen) atoms. The minimum atomic E-state index is -0.231. The van der Waals surface area contributed by atoms with Crippen molar-refractivity contribution in [2.24, 2.45) is 0 Å². The molecular formula is C22H23N5O2S. The smallest absolute Gasteiger partial charge is 0.237 e. The Kier molecular flexibility index (Phi) is 5.85. The highest BCUT2D eigenvalue weighted by Gasteiger charge is 2.29. The normalized spacial score (nSPS) is 16.0. The molecule has 1 N–H and O–H groups in total. The number of nitrogens with zero attached hydrogens (tertiary/aromatic N) is 4. The molecule has 2 aromatic carbocycles. The molecular weight excluding hydrogens is 398 g/mol. The molecule has 4 rings (SSSR count). The Morgan fingerprint density at radius 2 is 1.87 bits per heavy atom. The second-order valence-corrected chi connectivity index (χ2v) is 8.03. The van der Waals surface area contributed by atoms with Gasteiger partial charge in [-0.15, -0.1) is 10.2 Å². The Hall–Kier alpha value is -3.13. The molecule has 3 aromatic rings. The second kappa shape index (κ2) is 8.71. The highest BCUT2D eigenvalue weighted by molar-refractivity contribution is 7.99. The van der Waals surface area contributed by atoms with Gasteiger partial charge in [0.15, 0.2) is 11.0 Å². The molecule has 0 bridgehead atoms. The van der Waals surface area contributed by atoms with Crippen LogP contribution in [-0.2, 0) is 16.1 Å². The summed E-state index contributed by atoms with van der Waals surface area (Å²) in [6.45, 7) is 4.63. The van der Waals surface area contributed by atoms with E-state index in [9.17, 15) is 9.59 Å². The fraction of sp³-hybridized carbons (Fsp3) is 0.273. The molecule has 0 unspecified atom stereocenters. The Balaban J connectivity index is 1.55. The van der Waals surface area contributed by atoms with Gasteiger partial charge < -0.3 is 14.8 Å². The van der Waals surface area contributed by atoms with Crippen molar-refractivity contribution >= 4 is 35.0 Å². The second-order valence-electron chi connectivity index (χ2n) is 7.09. The summed E-state index contributed by atoms with van der Waals surface area (Å²) in [7, 11) is 0. The molecule has 0 saturated carbocycles. The van der Waals surface area contributed by atoms with Crippen molar-refractivity contribution in [2.45, 2.75) is 38.0 Å². The predicted octanol–water partition coefficient (Wildman–Crippen LogP) is 3.82. The summed E-state index contributed by atoms with van der Waals surface area (Å²) in [5, 5.41) is 12.2. The summed E-state index contributed by atoms with van der Waals surface area (Å²) < 4.78 is 2.01. The standard InChI is InChI=1S/C22H23N5O2S/c1-3-26-21(16-9-5-4-6-10-16)24-25-22(26)30-14-20(29)27-15(2)13-19(28)23-17-11-7-8-12-18(17)27/h4-12,15H,3,13-14H2,1-2H3,(H,23,28)/t15-/m0/s1. The van der Waals surface area contributed by atoms with Crippen molar-refractivity contribution in [1.29, 1.82) is 0 Å². The zero-order valence-electron chi connectivity index (χ0n) is 16.9. The van der Waals surface area contributed by atoms with Gasteiger partial charge in [-0.2, -0.15) is 0 Å². The number of nitrogens with one attached hydrogen (secondary N) is 1. The van der Waals surface area contributed by atoms with Crippen LogP contribution < -0.4 is 10.2 Å². The number of aromatic nitrogens is 3. The molecule has 0 spiro atoms. The number of hydrogen-bond acceptors (Lipinski definition) is 5. The summed E-state index contributed by atoms with van der Waals surface area (Å²) >= 11 is 1.37. The van der Waals surface area contributed by atoms with E-state index in [-0.39, 0.29) is 30.0 Å². The van der Waals surface area contributed by atoms with E-state index in [1.807, 2.05) is 73.0 Å². The number of para-hydroxylation sites is 2.